The molecule has 4 heterocycles. The molecule has 1 aliphatic heterocycles. The summed E-state index contributed by atoms with van der Waals surface area (Å²) in [7, 11) is 1.39. The number of benzene rings is 1. The third-order valence-corrected chi connectivity index (χ3v) is 6.16. The van der Waals surface area contributed by atoms with Crippen molar-refractivity contribution in [2.45, 2.75) is 25.4 Å². The molecule has 1 unspecified atom stereocenters. The average Bonchev–Trinajstić information content (AvgIpc) is 3.25. The van der Waals surface area contributed by atoms with Crippen molar-refractivity contribution in [2.75, 3.05) is 38.7 Å². The van der Waals surface area contributed by atoms with Crippen LogP contribution in [0.15, 0.2) is 48.8 Å². The third kappa shape index (κ3) is 4.88. The first-order valence-corrected chi connectivity index (χ1v) is 11.7. The zero-order chi connectivity index (χ0) is 23.3. The van der Waals surface area contributed by atoms with Gasteiger partial charge >= 0.3 is 5.97 Å². The van der Waals surface area contributed by atoms with E-state index in [9.17, 15) is 4.79 Å². The van der Waals surface area contributed by atoms with Crippen LogP contribution in [0.5, 0.6) is 0 Å². The van der Waals surface area contributed by atoms with Gasteiger partial charge in [-0.2, -0.15) is 0 Å². The van der Waals surface area contributed by atoms with Gasteiger partial charge in [-0.25, -0.2) is 9.78 Å². The highest BCUT2D eigenvalue weighted by molar-refractivity contribution is 6.13. The number of esters is 1. The van der Waals surface area contributed by atoms with E-state index >= 15 is 0 Å². The van der Waals surface area contributed by atoms with Crippen molar-refractivity contribution in [3.63, 3.8) is 0 Å². The monoisotopic (exact) mass is 459 g/mol. The lowest BCUT2D eigenvalue weighted by Crippen LogP contribution is -2.38. The quantitative estimate of drug-likeness (QED) is 0.273. The molecule has 3 N–H and O–H groups in total. The Hall–Kier alpha value is -3.49. The summed E-state index contributed by atoms with van der Waals surface area (Å²) in [6.45, 7) is 3.41. The van der Waals surface area contributed by atoms with Crippen molar-refractivity contribution in [1.29, 1.82) is 0 Å². The lowest BCUT2D eigenvalue weighted by atomic mass is 10.1. The van der Waals surface area contributed by atoms with Crippen LogP contribution in [0.4, 0.5) is 5.82 Å². The van der Waals surface area contributed by atoms with Crippen LogP contribution in [0.2, 0.25) is 0 Å². The van der Waals surface area contributed by atoms with E-state index < -0.39 is 0 Å². The topological polar surface area (TPSA) is 101 Å². The van der Waals surface area contributed by atoms with Gasteiger partial charge in [0.05, 0.1) is 30.9 Å². The van der Waals surface area contributed by atoms with Crippen molar-refractivity contribution in [2.24, 2.45) is 0 Å². The minimum absolute atomic E-state index is 0.269. The smallest absolute Gasteiger partial charge is 0.337 e. The number of hydrogen-bond acceptors (Lipinski definition) is 7. The molecule has 1 saturated heterocycles. The normalized spacial score (nSPS) is 16.1. The van der Waals surface area contributed by atoms with Gasteiger partial charge in [0.25, 0.3) is 0 Å². The van der Waals surface area contributed by atoms with Gasteiger partial charge in [-0.05, 0) is 42.7 Å². The van der Waals surface area contributed by atoms with E-state index in [4.69, 9.17) is 14.5 Å². The lowest BCUT2D eigenvalue weighted by molar-refractivity contribution is 0.0230. The van der Waals surface area contributed by atoms with Crippen LogP contribution in [0.25, 0.3) is 21.8 Å². The molecule has 0 bridgehead atoms. The fourth-order valence-corrected chi connectivity index (χ4v) is 4.50. The standard InChI is InChI=1S/C26H29N5O3/c1-33-26(32)18-6-7-21-22(13-18)31-23-14-19(12-17-4-2-8-27-15-17)30-25(24(21)23)29-9-3-5-20-16-28-10-11-34-20/h2,4,6-8,13-15,20,28,31H,3,5,9-12,16H2,1H3,(H,29,30). The number of rotatable bonds is 8. The summed E-state index contributed by atoms with van der Waals surface area (Å²) in [6.07, 6.45) is 6.57. The molecule has 0 spiro atoms. The second-order valence-electron chi connectivity index (χ2n) is 8.57. The molecule has 0 aliphatic carbocycles. The molecule has 1 aromatic carbocycles. The number of pyridine rings is 2. The Kier molecular flexibility index (Phi) is 6.69. The second-order valence-corrected chi connectivity index (χ2v) is 8.57. The van der Waals surface area contributed by atoms with Crippen molar-refractivity contribution < 1.29 is 14.3 Å². The number of fused-ring (bicyclic) bond motifs is 3. The maximum atomic E-state index is 12.0. The fraction of sp³-hybridized carbons (Fsp3) is 0.346. The Labute approximate surface area is 198 Å². The Bertz CT molecular complexity index is 1280. The number of H-pyrrole nitrogens is 1. The summed E-state index contributed by atoms with van der Waals surface area (Å²) < 4.78 is 10.7. The van der Waals surface area contributed by atoms with Crippen molar-refractivity contribution >= 4 is 33.6 Å². The molecule has 0 amide bonds. The Morgan fingerprint density at radius 1 is 1.26 bits per heavy atom. The molecular weight excluding hydrogens is 430 g/mol. The predicted molar refractivity (Wildman–Crippen MR) is 132 cm³/mol. The second kappa shape index (κ2) is 10.2. The molecule has 176 valence electrons. The first-order valence-electron chi connectivity index (χ1n) is 11.7. The van der Waals surface area contributed by atoms with E-state index in [1.54, 1.807) is 12.3 Å². The summed E-state index contributed by atoms with van der Waals surface area (Å²) in [6, 6.07) is 11.6. The predicted octanol–water partition coefficient (Wildman–Crippen LogP) is 3.67. The highest BCUT2D eigenvalue weighted by Gasteiger charge is 2.16. The number of carbonyl (C=O) groups is 1. The molecule has 0 radical (unpaired) electrons. The number of nitrogens with one attached hydrogen (secondary N) is 3. The number of aromatic nitrogens is 3. The zero-order valence-electron chi connectivity index (χ0n) is 19.3. The molecule has 1 aliphatic rings. The summed E-state index contributed by atoms with van der Waals surface area (Å²) >= 11 is 0. The largest absolute Gasteiger partial charge is 0.465 e. The molecular formula is C26H29N5O3. The highest BCUT2D eigenvalue weighted by atomic mass is 16.5. The fourth-order valence-electron chi connectivity index (χ4n) is 4.50. The number of hydrogen-bond donors (Lipinski definition) is 3. The van der Waals surface area contributed by atoms with E-state index in [1.165, 1.54) is 7.11 Å². The first-order chi connectivity index (χ1) is 16.7. The van der Waals surface area contributed by atoms with Crippen LogP contribution in [0.3, 0.4) is 0 Å². The molecule has 4 aromatic rings. The van der Waals surface area contributed by atoms with Crippen LogP contribution in [0, 0.1) is 0 Å². The molecule has 0 saturated carbocycles. The number of ether oxygens (including phenoxy) is 2. The average molecular weight is 460 g/mol. The lowest BCUT2D eigenvalue weighted by Gasteiger charge is -2.23. The van der Waals surface area contributed by atoms with Gasteiger partial charge in [-0.3, -0.25) is 4.98 Å². The molecule has 8 nitrogen and oxygen atoms in total. The summed E-state index contributed by atoms with van der Waals surface area (Å²) in [5, 5.41) is 8.99. The number of methoxy groups -OCH3 is 1. The van der Waals surface area contributed by atoms with Crippen molar-refractivity contribution in [3.05, 3.63) is 65.6 Å². The molecule has 1 atom stereocenters. The maximum Gasteiger partial charge on any atom is 0.337 e. The van der Waals surface area contributed by atoms with E-state index in [0.717, 1.165) is 78.0 Å². The summed E-state index contributed by atoms with van der Waals surface area (Å²) in [5.74, 6) is 0.491. The van der Waals surface area contributed by atoms with Gasteiger partial charge in [-0.1, -0.05) is 12.1 Å². The van der Waals surface area contributed by atoms with Crippen molar-refractivity contribution in [3.8, 4) is 0 Å². The minimum atomic E-state index is -0.353. The van der Waals surface area contributed by atoms with Gasteiger partial charge < -0.3 is 25.1 Å². The van der Waals surface area contributed by atoms with Crippen LogP contribution < -0.4 is 10.6 Å². The maximum absolute atomic E-state index is 12.0. The summed E-state index contributed by atoms with van der Waals surface area (Å²) in [4.78, 5) is 24.7. The van der Waals surface area contributed by atoms with Gasteiger partial charge in [-0.15, -0.1) is 0 Å². The number of carbonyl (C=O) groups excluding carboxylic acids is 1. The summed E-state index contributed by atoms with van der Waals surface area (Å²) in [5.41, 5.74) is 4.42. The Balaban J connectivity index is 1.45. The van der Waals surface area contributed by atoms with Crippen molar-refractivity contribution in [1.82, 2.24) is 20.3 Å². The Morgan fingerprint density at radius 3 is 3.00 bits per heavy atom. The number of morpholine rings is 1. The van der Waals surface area contributed by atoms with E-state index in [0.29, 0.717) is 12.0 Å². The van der Waals surface area contributed by atoms with E-state index in [-0.39, 0.29) is 12.1 Å². The number of nitrogens with zero attached hydrogens (tertiary/aromatic N) is 2. The molecule has 8 heteroatoms. The van der Waals surface area contributed by atoms with Gasteiger partial charge in [0, 0.05) is 60.4 Å². The van der Waals surface area contributed by atoms with Crippen LogP contribution >= 0.6 is 0 Å². The first kappa shape index (κ1) is 22.3. The molecule has 3 aromatic heterocycles. The van der Waals surface area contributed by atoms with Crippen LogP contribution in [-0.2, 0) is 15.9 Å². The van der Waals surface area contributed by atoms with Crippen LogP contribution in [-0.4, -0.2) is 60.4 Å². The minimum Gasteiger partial charge on any atom is -0.465 e. The zero-order valence-corrected chi connectivity index (χ0v) is 19.3. The van der Waals surface area contributed by atoms with E-state index in [1.807, 2.05) is 24.4 Å². The Morgan fingerprint density at radius 2 is 2.21 bits per heavy atom. The van der Waals surface area contributed by atoms with Gasteiger partial charge in [0.2, 0.25) is 0 Å². The number of anilines is 1. The van der Waals surface area contributed by atoms with E-state index in [2.05, 4.69) is 32.7 Å². The third-order valence-electron chi connectivity index (χ3n) is 6.16. The van der Waals surface area contributed by atoms with Gasteiger partial charge in [0.1, 0.15) is 5.82 Å². The number of aromatic amines is 1. The molecule has 5 rings (SSSR count). The molecule has 1 fully saturated rings. The van der Waals surface area contributed by atoms with Crippen LogP contribution in [0.1, 0.15) is 34.5 Å². The van der Waals surface area contributed by atoms with Gasteiger partial charge in [0.15, 0.2) is 0 Å². The highest BCUT2D eigenvalue weighted by Crippen LogP contribution is 2.32. The molecule has 34 heavy (non-hydrogen) atoms. The SMILES string of the molecule is COC(=O)c1ccc2c(c1)[nH]c1cc(Cc3cccnc3)nc(NCCCC3CNCCO3)c12.